The molecule has 1 fully saturated rings. The van der Waals surface area contributed by atoms with Gasteiger partial charge >= 0.3 is 5.97 Å². The average molecular weight is 457 g/mol. The second kappa shape index (κ2) is 13.5. The second-order valence-corrected chi connectivity index (χ2v) is 6.99. The molecule has 0 unspecified atom stereocenters. The van der Waals surface area contributed by atoms with Gasteiger partial charge in [0.25, 0.3) is 0 Å². The van der Waals surface area contributed by atoms with Crippen LogP contribution in [0, 0.1) is 0 Å². The fraction of sp³-hybridized carbons (Fsp3) is 0.409. The Hall–Kier alpha value is -1.83. The highest BCUT2D eigenvalue weighted by Gasteiger charge is 2.16. The standard InChI is InChI=1S/C22H28N2O4.2ClH/c1-27-21-8-6-20(7-9-21)19-4-2-18(3-5-19)16-24-12-10-23(11-13-24)14-15-28-17-22(25)26;;/h2-9H,10-17H2,1H3,(H,25,26);2*1H. The molecule has 0 saturated carbocycles. The number of hydrogen-bond donors (Lipinski definition) is 1. The van der Waals surface area contributed by atoms with Crippen LogP contribution >= 0.6 is 24.8 Å². The highest BCUT2D eigenvalue weighted by atomic mass is 35.5. The van der Waals surface area contributed by atoms with E-state index in [1.807, 2.05) is 12.1 Å². The molecule has 0 aliphatic carbocycles. The summed E-state index contributed by atoms with van der Waals surface area (Å²) in [5, 5.41) is 8.58. The van der Waals surface area contributed by atoms with Crippen molar-refractivity contribution in [3.05, 3.63) is 54.1 Å². The summed E-state index contributed by atoms with van der Waals surface area (Å²) < 4.78 is 10.3. The highest BCUT2D eigenvalue weighted by Crippen LogP contribution is 2.23. The van der Waals surface area contributed by atoms with Crippen molar-refractivity contribution in [2.75, 3.05) is 53.0 Å². The third-order valence-corrected chi connectivity index (χ3v) is 5.03. The van der Waals surface area contributed by atoms with E-state index in [9.17, 15) is 4.79 Å². The lowest BCUT2D eigenvalue weighted by Gasteiger charge is -2.34. The topological polar surface area (TPSA) is 62.2 Å². The lowest BCUT2D eigenvalue weighted by molar-refractivity contribution is -0.142. The van der Waals surface area contributed by atoms with Crippen LogP contribution in [0.25, 0.3) is 11.1 Å². The molecule has 6 nitrogen and oxygen atoms in total. The zero-order chi connectivity index (χ0) is 19.8. The number of methoxy groups -OCH3 is 1. The number of carboxylic acids is 1. The summed E-state index contributed by atoms with van der Waals surface area (Å²) >= 11 is 0. The monoisotopic (exact) mass is 456 g/mol. The Morgan fingerprint density at radius 1 is 0.900 bits per heavy atom. The van der Waals surface area contributed by atoms with Gasteiger partial charge in [-0.15, -0.1) is 24.8 Å². The molecule has 1 saturated heterocycles. The first-order valence-electron chi connectivity index (χ1n) is 9.61. The highest BCUT2D eigenvalue weighted by molar-refractivity contribution is 5.85. The molecule has 0 atom stereocenters. The number of carbonyl (C=O) groups is 1. The third-order valence-electron chi connectivity index (χ3n) is 5.03. The van der Waals surface area contributed by atoms with Crippen molar-refractivity contribution in [1.29, 1.82) is 0 Å². The number of ether oxygens (including phenoxy) is 2. The Kier molecular flexibility index (Phi) is 11.8. The predicted octanol–water partition coefficient (Wildman–Crippen LogP) is 3.42. The summed E-state index contributed by atoms with van der Waals surface area (Å²) in [7, 11) is 1.68. The van der Waals surface area contributed by atoms with Gasteiger partial charge in [0.05, 0.1) is 13.7 Å². The van der Waals surface area contributed by atoms with Gasteiger partial charge in [-0.2, -0.15) is 0 Å². The number of carboxylic acid groups (broad SMARTS) is 1. The van der Waals surface area contributed by atoms with Gasteiger partial charge in [-0.3, -0.25) is 9.80 Å². The van der Waals surface area contributed by atoms with Gasteiger partial charge in [-0.25, -0.2) is 4.79 Å². The van der Waals surface area contributed by atoms with Crippen molar-refractivity contribution in [3.63, 3.8) is 0 Å². The van der Waals surface area contributed by atoms with Gasteiger partial charge < -0.3 is 14.6 Å². The molecule has 8 heteroatoms. The van der Waals surface area contributed by atoms with Crippen LogP contribution in [-0.4, -0.2) is 73.9 Å². The number of benzene rings is 2. The van der Waals surface area contributed by atoms with E-state index in [2.05, 4.69) is 46.2 Å². The summed E-state index contributed by atoms with van der Waals surface area (Å²) in [5.41, 5.74) is 3.71. The maximum atomic E-state index is 10.4. The SMILES string of the molecule is COc1ccc(-c2ccc(CN3CCN(CCOCC(=O)O)CC3)cc2)cc1.Cl.Cl. The Bertz CT molecular complexity index is 749. The van der Waals surface area contributed by atoms with E-state index < -0.39 is 5.97 Å². The van der Waals surface area contributed by atoms with Gasteiger partial charge in [0.1, 0.15) is 12.4 Å². The van der Waals surface area contributed by atoms with Crippen LogP contribution < -0.4 is 4.74 Å². The van der Waals surface area contributed by atoms with Gasteiger partial charge in [0.2, 0.25) is 0 Å². The van der Waals surface area contributed by atoms with Crippen LogP contribution in [-0.2, 0) is 16.1 Å². The minimum absolute atomic E-state index is 0. The molecule has 2 aromatic carbocycles. The summed E-state index contributed by atoms with van der Waals surface area (Å²) in [6, 6.07) is 16.9. The lowest BCUT2D eigenvalue weighted by atomic mass is 10.0. The van der Waals surface area contributed by atoms with Crippen molar-refractivity contribution in [3.8, 4) is 16.9 Å². The summed E-state index contributed by atoms with van der Waals surface area (Å²) in [4.78, 5) is 15.2. The normalized spacial score (nSPS) is 14.4. The van der Waals surface area contributed by atoms with Gasteiger partial charge in [-0.1, -0.05) is 36.4 Å². The Morgan fingerprint density at radius 3 is 1.97 bits per heavy atom. The molecule has 30 heavy (non-hydrogen) atoms. The van der Waals surface area contributed by atoms with E-state index in [4.69, 9.17) is 14.6 Å². The first-order valence-corrected chi connectivity index (χ1v) is 9.61. The van der Waals surface area contributed by atoms with Crippen molar-refractivity contribution in [2.45, 2.75) is 6.54 Å². The summed E-state index contributed by atoms with van der Waals surface area (Å²) in [6.07, 6.45) is 0. The van der Waals surface area contributed by atoms with Crippen LogP contribution in [0.5, 0.6) is 5.75 Å². The van der Waals surface area contributed by atoms with Crippen LogP contribution in [0.3, 0.4) is 0 Å². The van der Waals surface area contributed by atoms with Crippen molar-refractivity contribution >= 4 is 30.8 Å². The maximum Gasteiger partial charge on any atom is 0.329 e. The number of halogens is 2. The fourth-order valence-corrected chi connectivity index (χ4v) is 3.37. The van der Waals surface area contributed by atoms with Gasteiger partial charge in [0.15, 0.2) is 0 Å². The second-order valence-electron chi connectivity index (χ2n) is 6.99. The molecule has 0 aromatic heterocycles. The molecule has 1 heterocycles. The van der Waals surface area contributed by atoms with Crippen molar-refractivity contribution < 1.29 is 19.4 Å². The number of piperazine rings is 1. The number of rotatable bonds is 9. The van der Waals surface area contributed by atoms with E-state index in [1.54, 1.807) is 7.11 Å². The van der Waals surface area contributed by atoms with Crippen molar-refractivity contribution in [2.24, 2.45) is 0 Å². The Balaban J connectivity index is 0.00000225. The molecule has 0 radical (unpaired) electrons. The number of hydrogen-bond acceptors (Lipinski definition) is 5. The van der Waals surface area contributed by atoms with Crippen LogP contribution in [0.2, 0.25) is 0 Å². The van der Waals surface area contributed by atoms with Crippen LogP contribution in [0.4, 0.5) is 0 Å². The largest absolute Gasteiger partial charge is 0.497 e. The smallest absolute Gasteiger partial charge is 0.329 e. The molecule has 0 spiro atoms. The van der Waals surface area contributed by atoms with Crippen molar-refractivity contribution in [1.82, 2.24) is 9.80 Å². The van der Waals surface area contributed by atoms with Crippen LogP contribution in [0.15, 0.2) is 48.5 Å². The molecule has 3 rings (SSSR count). The number of nitrogens with zero attached hydrogens (tertiary/aromatic N) is 2. The Morgan fingerprint density at radius 2 is 1.43 bits per heavy atom. The predicted molar refractivity (Wildman–Crippen MR) is 123 cm³/mol. The van der Waals surface area contributed by atoms with E-state index in [0.717, 1.165) is 45.0 Å². The first-order chi connectivity index (χ1) is 13.6. The van der Waals surface area contributed by atoms with Gasteiger partial charge in [0, 0.05) is 39.3 Å². The quantitative estimate of drug-likeness (QED) is 0.583. The van der Waals surface area contributed by atoms with E-state index >= 15 is 0 Å². The summed E-state index contributed by atoms with van der Waals surface area (Å²) in [5.74, 6) is -0.0456. The van der Waals surface area contributed by atoms with Crippen LogP contribution in [0.1, 0.15) is 5.56 Å². The molecule has 1 N–H and O–H groups in total. The third kappa shape index (κ3) is 8.13. The lowest BCUT2D eigenvalue weighted by Crippen LogP contribution is -2.46. The zero-order valence-electron chi connectivity index (χ0n) is 17.2. The molecule has 1 aliphatic heterocycles. The number of aliphatic carboxylic acids is 1. The minimum Gasteiger partial charge on any atom is -0.497 e. The molecule has 0 amide bonds. The van der Waals surface area contributed by atoms with E-state index in [-0.39, 0.29) is 31.4 Å². The summed E-state index contributed by atoms with van der Waals surface area (Å²) in [6.45, 7) is 5.99. The molecule has 166 valence electrons. The fourth-order valence-electron chi connectivity index (χ4n) is 3.37. The molecule has 2 aromatic rings. The average Bonchev–Trinajstić information content (AvgIpc) is 2.73. The minimum atomic E-state index is -0.914. The molecule has 1 aliphatic rings. The zero-order valence-corrected chi connectivity index (χ0v) is 18.8. The van der Waals surface area contributed by atoms with E-state index in [1.165, 1.54) is 16.7 Å². The van der Waals surface area contributed by atoms with Gasteiger partial charge in [-0.05, 0) is 28.8 Å². The Labute approximate surface area is 190 Å². The first kappa shape index (κ1) is 26.2. The van der Waals surface area contributed by atoms with E-state index in [0.29, 0.717) is 6.61 Å². The molecular formula is C22H30Cl2N2O4. The molecule has 0 bridgehead atoms. The molecular weight excluding hydrogens is 427 g/mol. The maximum absolute atomic E-state index is 10.4.